The molecule has 1 saturated heterocycles. The largest absolute Gasteiger partial charge is 0.481 e. The zero-order chi connectivity index (χ0) is 28.6. The maximum absolute atomic E-state index is 12.8. The molecule has 0 unspecified atom stereocenters. The summed E-state index contributed by atoms with van der Waals surface area (Å²) in [7, 11) is 0. The van der Waals surface area contributed by atoms with Crippen LogP contribution in [0.2, 0.25) is 0 Å². The Labute approximate surface area is 223 Å². The number of rotatable bonds is 8. The second-order valence-corrected chi connectivity index (χ2v) is 8.74. The fraction of sp³-hybridized carbons (Fsp3) is 0.429. The van der Waals surface area contributed by atoms with Crippen molar-refractivity contribution >= 4 is 29.5 Å². The Balaban J connectivity index is 0.000000554. The number of likely N-dealkylation sites (tertiary alicyclic amines) is 1. The summed E-state index contributed by atoms with van der Waals surface area (Å²) in [5.74, 6) is -4.32. The number of aliphatic hydroxyl groups excluding tert-OH is 1. The third-order valence-corrected chi connectivity index (χ3v) is 6.17. The zero-order valence-electron chi connectivity index (χ0n) is 22.0. The lowest BCUT2D eigenvalue weighted by Gasteiger charge is -2.48. The lowest BCUT2D eigenvalue weighted by molar-refractivity contribution is -0.159. The molecule has 1 aliphatic rings. The van der Waals surface area contributed by atoms with Crippen LogP contribution in [0.4, 0.5) is 5.69 Å². The molecule has 1 amide bonds. The third-order valence-electron chi connectivity index (χ3n) is 6.17. The second-order valence-electron chi connectivity index (χ2n) is 8.74. The average Bonchev–Trinajstić information content (AvgIpc) is 2.94. The molecule has 1 heterocycles. The molecule has 0 spiro atoms. The molecule has 3 rings (SSSR count). The van der Waals surface area contributed by atoms with Crippen LogP contribution in [0.5, 0.6) is 0 Å². The Kier molecular flexibility index (Phi) is 14.3. The van der Waals surface area contributed by atoms with E-state index in [1.54, 1.807) is 6.92 Å². The normalized spacial score (nSPS) is 14.1. The van der Waals surface area contributed by atoms with Gasteiger partial charge in [-0.3, -0.25) is 9.59 Å². The molecular weight excluding hydrogens is 492 g/mol. The van der Waals surface area contributed by atoms with Crippen molar-refractivity contribution in [2.45, 2.75) is 51.5 Å². The molecule has 0 saturated carbocycles. The molecule has 4 N–H and O–H groups in total. The monoisotopic (exact) mass is 530 g/mol. The summed E-state index contributed by atoms with van der Waals surface area (Å²) in [6.45, 7) is 6.29. The predicted molar refractivity (Wildman–Crippen MR) is 143 cm³/mol. The average molecular weight is 531 g/mol. The van der Waals surface area contributed by atoms with E-state index in [1.807, 2.05) is 48.2 Å². The van der Waals surface area contributed by atoms with Gasteiger partial charge in [0.25, 0.3) is 0 Å². The molecule has 10 nitrogen and oxygen atoms in total. The van der Waals surface area contributed by atoms with E-state index in [2.05, 4.69) is 29.2 Å². The van der Waals surface area contributed by atoms with Gasteiger partial charge in [0.1, 0.15) is 0 Å². The molecular formula is C28H38N2O8. The fourth-order valence-electron chi connectivity index (χ4n) is 3.99. The molecule has 0 aliphatic carbocycles. The van der Waals surface area contributed by atoms with Crippen molar-refractivity contribution in [3.8, 4) is 0 Å². The molecule has 0 bridgehead atoms. The van der Waals surface area contributed by atoms with Crippen molar-refractivity contribution in [2.75, 3.05) is 31.1 Å². The highest BCUT2D eigenvalue weighted by Gasteiger charge is 2.42. The minimum Gasteiger partial charge on any atom is -0.481 e. The molecule has 208 valence electrons. The van der Waals surface area contributed by atoms with Crippen LogP contribution >= 0.6 is 0 Å². The Bertz CT molecular complexity index is 994. The first-order valence-electron chi connectivity index (χ1n) is 12.5. The van der Waals surface area contributed by atoms with Crippen molar-refractivity contribution in [1.29, 1.82) is 0 Å². The summed E-state index contributed by atoms with van der Waals surface area (Å²) in [4.78, 5) is 44.6. The Morgan fingerprint density at radius 1 is 0.816 bits per heavy atom. The van der Waals surface area contributed by atoms with Crippen LogP contribution in [0.25, 0.3) is 0 Å². The topological polar surface area (TPSA) is 156 Å². The number of hydrogen-bond donors (Lipinski definition) is 4. The molecule has 2 aromatic carbocycles. The highest BCUT2D eigenvalue weighted by Crippen LogP contribution is 2.34. The highest BCUT2D eigenvalue weighted by molar-refractivity contribution is 6.27. The summed E-state index contributed by atoms with van der Waals surface area (Å²) in [6, 6.07) is 20.3. The Morgan fingerprint density at radius 2 is 1.29 bits per heavy atom. The number of carboxylic acids is 3. The van der Waals surface area contributed by atoms with Gasteiger partial charge in [0, 0.05) is 38.2 Å². The van der Waals surface area contributed by atoms with Gasteiger partial charge in [-0.2, -0.15) is 0 Å². The van der Waals surface area contributed by atoms with E-state index in [9.17, 15) is 14.7 Å². The van der Waals surface area contributed by atoms with E-state index in [1.165, 1.54) is 5.56 Å². The first-order chi connectivity index (χ1) is 18.1. The Morgan fingerprint density at radius 3 is 1.68 bits per heavy atom. The third kappa shape index (κ3) is 10.7. The number of carbonyl (C=O) groups excluding carboxylic acids is 1. The number of para-hydroxylation sites is 1. The minimum absolute atomic E-state index is 0.000158. The SMILES string of the molecule is CCC(=O)N(c1ccccc1)C1(CO)CCN(CCc2ccccc2)CC1.CCC(=O)O.O=C(O)C(=O)O. The van der Waals surface area contributed by atoms with Gasteiger partial charge in [-0.1, -0.05) is 62.4 Å². The smallest absolute Gasteiger partial charge is 0.414 e. The number of benzene rings is 2. The molecule has 2 aromatic rings. The number of carbonyl (C=O) groups is 4. The number of anilines is 1. The zero-order valence-corrected chi connectivity index (χ0v) is 22.0. The molecule has 0 atom stereocenters. The molecule has 1 aliphatic heterocycles. The molecule has 38 heavy (non-hydrogen) atoms. The quantitative estimate of drug-likeness (QED) is 0.377. The molecule has 0 aromatic heterocycles. The molecule has 10 heteroatoms. The van der Waals surface area contributed by atoms with Crippen LogP contribution < -0.4 is 4.90 Å². The van der Waals surface area contributed by atoms with Crippen LogP contribution in [0.1, 0.15) is 45.1 Å². The van der Waals surface area contributed by atoms with E-state index < -0.39 is 23.4 Å². The second kappa shape index (κ2) is 16.9. The lowest BCUT2D eigenvalue weighted by atomic mass is 9.85. The summed E-state index contributed by atoms with van der Waals surface area (Å²) in [5, 5.41) is 32.8. The number of hydrogen-bond acceptors (Lipinski definition) is 6. The van der Waals surface area contributed by atoms with Gasteiger partial charge in [-0.25, -0.2) is 9.59 Å². The van der Waals surface area contributed by atoms with Gasteiger partial charge < -0.3 is 30.2 Å². The summed E-state index contributed by atoms with van der Waals surface area (Å²) in [5.41, 5.74) is 1.73. The van der Waals surface area contributed by atoms with Crippen molar-refractivity contribution < 1.29 is 39.6 Å². The van der Waals surface area contributed by atoms with Gasteiger partial charge in [0.2, 0.25) is 5.91 Å². The number of amides is 1. The van der Waals surface area contributed by atoms with Gasteiger partial charge in [-0.05, 0) is 37.0 Å². The standard InChI is InChI=1S/C23H30N2O2.C3H6O2.C2H2O4/c1-2-22(27)25(21-11-7-4-8-12-21)23(19-26)14-17-24(18-15-23)16-13-20-9-5-3-6-10-20;1-2-3(4)5;3-1(4)2(5)6/h3-12,26H,2,13-19H2,1H3;2H2,1H3,(H,4,5);(H,3,4)(H,5,6). The summed E-state index contributed by atoms with van der Waals surface area (Å²) >= 11 is 0. The first-order valence-corrected chi connectivity index (χ1v) is 12.5. The number of carboxylic acid groups (broad SMARTS) is 3. The number of nitrogens with zero attached hydrogens (tertiary/aromatic N) is 2. The highest BCUT2D eigenvalue weighted by atomic mass is 16.4. The molecule has 1 fully saturated rings. The Hall–Kier alpha value is -3.76. The van der Waals surface area contributed by atoms with E-state index in [4.69, 9.17) is 24.9 Å². The van der Waals surface area contributed by atoms with Crippen LogP contribution in [0.15, 0.2) is 60.7 Å². The van der Waals surface area contributed by atoms with Gasteiger partial charge >= 0.3 is 17.9 Å². The lowest BCUT2D eigenvalue weighted by Crippen LogP contribution is -2.60. The fourth-order valence-corrected chi connectivity index (χ4v) is 3.99. The summed E-state index contributed by atoms with van der Waals surface area (Å²) in [6.07, 6.45) is 3.27. The van der Waals surface area contributed by atoms with Crippen LogP contribution in [0.3, 0.4) is 0 Å². The van der Waals surface area contributed by atoms with E-state index in [0.29, 0.717) is 6.42 Å². The van der Waals surface area contributed by atoms with E-state index >= 15 is 0 Å². The first kappa shape index (κ1) is 32.3. The predicted octanol–water partition coefficient (Wildman–Crippen LogP) is 3.14. The minimum atomic E-state index is -1.82. The van der Waals surface area contributed by atoms with Crippen molar-refractivity contribution in [2.24, 2.45) is 0 Å². The van der Waals surface area contributed by atoms with Crippen LogP contribution in [0, 0.1) is 0 Å². The summed E-state index contributed by atoms with van der Waals surface area (Å²) < 4.78 is 0. The van der Waals surface area contributed by atoms with Crippen molar-refractivity contribution in [3.05, 3.63) is 66.2 Å². The van der Waals surface area contributed by atoms with Crippen molar-refractivity contribution in [1.82, 2.24) is 4.90 Å². The van der Waals surface area contributed by atoms with Gasteiger partial charge in [0.05, 0.1) is 12.1 Å². The van der Waals surface area contributed by atoms with Gasteiger partial charge in [0.15, 0.2) is 0 Å². The van der Waals surface area contributed by atoms with E-state index in [0.717, 1.165) is 44.6 Å². The number of aliphatic carboxylic acids is 3. The van der Waals surface area contributed by atoms with Gasteiger partial charge in [-0.15, -0.1) is 0 Å². The molecule has 0 radical (unpaired) electrons. The van der Waals surface area contributed by atoms with Crippen LogP contribution in [-0.4, -0.2) is 80.9 Å². The number of aliphatic hydroxyl groups is 1. The van der Waals surface area contributed by atoms with E-state index in [-0.39, 0.29) is 18.9 Å². The van der Waals surface area contributed by atoms with Crippen LogP contribution in [-0.2, 0) is 25.6 Å². The maximum atomic E-state index is 12.8. The maximum Gasteiger partial charge on any atom is 0.414 e. The number of piperidine rings is 1. The van der Waals surface area contributed by atoms with Crippen molar-refractivity contribution in [3.63, 3.8) is 0 Å².